The van der Waals surface area contributed by atoms with Crippen molar-refractivity contribution in [2.75, 3.05) is 13.6 Å². The Labute approximate surface area is 162 Å². The summed E-state index contributed by atoms with van der Waals surface area (Å²) in [6.07, 6.45) is 6.82. The number of hydrogen-bond donors (Lipinski definition) is 1. The van der Waals surface area contributed by atoms with E-state index in [9.17, 15) is 4.79 Å². The van der Waals surface area contributed by atoms with E-state index in [2.05, 4.69) is 31.6 Å². The quantitative estimate of drug-likeness (QED) is 0.381. The van der Waals surface area contributed by atoms with Crippen LogP contribution >= 0.6 is 0 Å². The topological polar surface area (TPSA) is 92.6 Å². The molecule has 3 aromatic rings. The molecule has 8 nitrogen and oxygen atoms in total. The summed E-state index contributed by atoms with van der Waals surface area (Å²) in [7, 11) is 1.77. The molecule has 0 saturated carbocycles. The van der Waals surface area contributed by atoms with E-state index < -0.39 is 0 Å². The molecule has 4 heterocycles. The zero-order valence-electron chi connectivity index (χ0n) is 11.7. The molecule has 21 heavy (non-hydrogen) atoms. The standard InChI is InChI=1S/C12H10N7O.K/c1-18-3-2-7-5-19(17-9(7)12(18)20)11-8-4-15-16-10(8)13-6-14-11;/h4-5H,2-3H2,1H3,(H,13,14,15,16);/q-1;+1. The van der Waals surface area contributed by atoms with Gasteiger partial charge in [0.1, 0.15) is 0 Å². The van der Waals surface area contributed by atoms with Gasteiger partial charge in [-0.25, -0.2) is 0 Å². The van der Waals surface area contributed by atoms with Crippen LogP contribution in [-0.4, -0.2) is 54.3 Å². The molecule has 0 spiro atoms. The zero-order chi connectivity index (χ0) is 13.7. The largest absolute Gasteiger partial charge is 1.00 e. The Morgan fingerprint density at radius 3 is 3.10 bits per heavy atom. The maximum absolute atomic E-state index is 12.1. The number of amides is 1. The molecule has 9 heteroatoms. The summed E-state index contributed by atoms with van der Waals surface area (Å²) in [5.74, 6) is 0.500. The first-order valence-electron chi connectivity index (χ1n) is 6.15. The van der Waals surface area contributed by atoms with Crippen molar-refractivity contribution in [3.05, 3.63) is 30.0 Å². The Morgan fingerprint density at radius 1 is 1.38 bits per heavy atom. The second-order valence-corrected chi connectivity index (χ2v) is 4.70. The average molecular weight is 307 g/mol. The predicted molar refractivity (Wildman–Crippen MR) is 68.3 cm³/mol. The van der Waals surface area contributed by atoms with E-state index in [1.165, 1.54) is 0 Å². The summed E-state index contributed by atoms with van der Waals surface area (Å²) in [4.78, 5) is 21.8. The van der Waals surface area contributed by atoms with Crippen LogP contribution in [0.1, 0.15) is 16.1 Å². The number of carbonyl (C=O) groups is 1. The van der Waals surface area contributed by atoms with Crippen molar-refractivity contribution >= 4 is 16.9 Å². The number of fused-ring (bicyclic) bond motifs is 2. The number of likely N-dealkylation sites (N-methyl/N-ethyl adjacent to an activating group) is 1. The number of hydrogen-bond acceptors (Lipinski definition) is 5. The zero-order valence-corrected chi connectivity index (χ0v) is 14.8. The maximum atomic E-state index is 12.1. The van der Waals surface area contributed by atoms with Crippen LogP contribution in [0, 0.1) is 6.33 Å². The second kappa shape index (κ2) is 5.58. The fourth-order valence-electron chi connectivity index (χ4n) is 2.34. The van der Waals surface area contributed by atoms with E-state index in [1.54, 1.807) is 22.8 Å². The van der Waals surface area contributed by atoms with E-state index in [0.717, 1.165) is 17.4 Å². The molecule has 100 valence electrons. The number of H-pyrrole nitrogens is 1. The third kappa shape index (κ3) is 2.34. The number of nitrogens with one attached hydrogen (secondary N) is 1. The smallest absolute Gasteiger partial charge is 0.349 e. The Bertz CT molecular complexity index is 824. The van der Waals surface area contributed by atoms with Gasteiger partial charge in [-0.15, -0.1) is 0 Å². The fourth-order valence-corrected chi connectivity index (χ4v) is 2.34. The Balaban J connectivity index is 0.00000132. The molecule has 0 fully saturated rings. The van der Waals surface area contributed by atoms with E-state index in [-0.39, 0.29) is 57.3 Å². The summed E-state index contributed by atoms with van der Waals surface area (Å²) < 4.78 is 1.60. The monoisotopic (exact) mass is 307 g/mol. The number of aromatic nitrogens is 6. The molecule has 1 aliphatic heterocycles. The first-order valence-corrected chi connectivity index (χ1v) is 6.15. The molecule has 1 aliphatic rings. The summed E-state index contributed by atoms with van der Waals surface area (Å²) in [6, 6.07) is 0. The van der Waals surface area contributed by atoms with Gasteiger partial charge in [-0.2, -0.15) is 10.2 Å². The molecular weight excluding hydrogens is 297 g/mol. The first-order chi connectivity index (χ1) is 9.74. The van der Waals surface area contributed by atoms with Crippen molar-refractivity contribution in [3.8, 4) is 5.82 Å². The minimum absolute atomic E-state index is 0. The predicted octanol–water partition coefficient (Wildman–Crippen LogP) is -3.03. The van der Waals surface area contributed by atoms with Gasteiger partial charge in [-0.1, -0.05) is 0 Å². The SMILES string of the molecule is CN1CCc2cn(-c3n[c-]nc4[nH]ncc34)nc2C1=O.[K+]. The van der Waals surface area contributed by atoms with Crippen LogP contribution in [0.5, 0.6) is 0 Å². The number of aromatic amines is 1. The Hall–Kier alpha value is -1.13. The van der Waals surface area contributed by atoms with Gasteiger partial charge >= 0.3 is 51.4 Å². The Morgan fingerprint density at radius 2 is 2.24 bits per heavy atom. The van der Waals surface area contributed by atoms with Crippen LogP contribution in [0.4, 0.5) is 0 Å². The molecule has 0 radical (unpaired) electrons. The van der Waals surface area contributed by atoms with Crippen LogP contribution in [0.2, 0.25) is 0 Å². The van der Waals surface area contributed by atoms with Gasteiger partial charge in [0.2, 0.25) is 0 Å². The van der Waals surface area contributed by atoms with Gasteiger partial charge < -0.3 is 20.0 Å². The summed E-state index contributed by atoms with van der Waals surface area (Å²) in [5, 5.41) is 11.8. The minimum atomic E-state index is -0.0635. The molecule has 0 atom stereocenters. The van der Waals surface area contributed by atoms with E-state index in [4.69, 9.17) is 0 Å². The van der Waals surface area contributed by atoms with Crippen molar-refractivity contribution in [1.82, 2.24) is 34.8 Å². The van der Waals surface area contributed by atoms with Gasteiger partial charge in [0, 0.05) is 43.5 Å². The van der Waals surface area contributed by atoms with Gasteiger partial charge in [0.25, 0.3) is 5.91 Å². The van der Waals surface area contributed by atoms with Crippen LogP contribution in [0.3, 0.4) is 0 Å². The Kier molecular flexibility index (Phi) is 3.93. The molecule has 1 N–H and O–H groups in total. The molecule has 4 rings (SSSR count). The second-order valence-electron chi connectivity index (χ2n) is 4.70. The van der Waals surface area contributed by atoms with Crippen LogP contribution < -0.4 is 51.4 Å². The van der Waals surface area contributed by atoms with Crippen LogP contribution in [-0.2, 0) is 6.42 Å². The molecule has 0 bridgehead atoms. The van der Waals surface area contributed by atoms with E-state index in [1.807, 2.05) is 6.20 Å². The fraction of sp³-hybridized carbons (Fsp3) is 0.250. The molecule has 0 unspecified atom stereocenters. The van der Waals surface area contributed by atoms with Gasteiger partial charge in [0.05, 0.1) is 5.82 Å². The van der Waals surface area contributed by atoms with Gasteiger partial charge in [0.15, 0.2) is 5.69 Å². The third-order valence-electron chi connectivity index (χ3n) is 3.45. The molecule has 0 aromatic carbocycles. The number of nitrogens with zero attached hydrogens (tertiary/aromatic N) is 6. The molecule has 0 saturated heterocycles. The molecule has 3 aromatic heterocycles. The minimum Gasteiger partial charge on any atom is -0.349 e. The van der Waals surface area contributed by atoms with Gasteiger partial charge in [-0.05, 0) is 11.8 Å². The van der Waals surface area contributed by atoms with Crippen molar-refractivity contribution in [1.29, 1.82) is 0 Å². The van der Waals surface area contributed by atoms with Crippen LogP contribution in [0.15, 0.2) is 12.4 Å². The normalized spacial score (nSPS) is 14.1. The van der Waals surface area contributed by atoms with E-state index >= 15 is 0 Å². The summed E-state index contributed by atoms with van der Waals surface area (Å²) >= 11 is 0. The van der Waals surface area contributed by atoms with E-state index in [0.29, 0.717) is 23.7 Å². The van der Waals surface area contributed by atoms with Crippen molar-refractivity contribution in [2.24, 2.45) is 0 Å². The van der Waals surface area contributed by atoms with Gasteiger partial charge in [-0.3, -0.25) is 9.48 Å². The number of rotatable bonds is 1. The average Bonchev–Trinajstić information content (AvgIpc) is 3.09. The third-order valence-corrected chi connectivity index (χ3v) is 3.45. The molecule has 1 amide bonds. The van der Waals surface area contributed by atoms with Crippen molar-refractivity contribution in [2.45, 2.75) is 6.42 Å². The van der Waals surface area contributed by atoms with Crippen molar-refractivity contribution < 1.29 is 56.2 Å². The summed E-state index contributed by atoms with van der Waals surface area (Å²) in [6.45, 7) is 0.703. The molecule has 0 aliphatic carbocycles. The molecular formula is C12H10KN7O. The van der Waals surface area contributed by atoms with Crippen molar-refractivity contribution in [3.63, 3.8) is 0 Å². The maximum Gasteiger partial charge on any atom is 1.00 e. The van der Waals surface area contributed by atoms with Crippen LogP contribution in [0.25, 0.3) is 16.9 Å². The number of carbonyl (C=O) groups excluding carboxylic acids is 1. The first kappa shape index (κ1) is 14.8. The summed E-state index contributed by atoms with van der Waals surface area (Å²) in [5.41, 5.74) is 2.00.